The molecule has 25 heavy (non-hydrogen) atoms. The lowest BCUT2D eigenvalue weighted by molar-refractivity contribution is 0.306. The van der Waals surface area contributed by atoms with Gasteiger partial charge in [0.25, 0.3) is 0 Å². The molecule has 2 aromatic carbocycles. The molecule has 0 bridgehead atoms. The van der Waals surface area contributed by atoms with E-state index in [1.807, 2.05) is 42.2 Å². The van der Waals surface area contributed by atoms with E-state index in [0.717, 1.165) is 47.7 Å². The Labute approximate surface area is 146 Å². The zero-order valence-electron chi connectivity index (χ0n) is 14.4. The van der Waals surface area contributed by atoms with E-state index in [1.54, 1.807) is 0 Å². The smallest absolute Gasteiger partial charge is 0.220 e. The van der Waals surface area contributed by atoms with Crippen molar-refractivity contribution in [3.63, 3.8) is 0 Å². The molecule has 1 heterocycles. The Kier molecular flexibility index (Phi) is 3.56. The lowest BCUT2D eigenvalue weighted by Gasteiger charge is -2.46. The molecule has 0 unspecified atom stereocenters. The number of nitrogens with zero attached hydrogens (tertiary/aromatic N) is 3. The Hall–Kier alpha value is -2.76. The van der Waals surface area contributed by atoms with E-state index in [2.05, 4.69) is 4.99 Å². The molecule has 1 aliphatic heterocycles. The first kappa shape index (κ1) is 15.7. The average molecular weight is 337 g/mol. The fourth-order valence-corrected chi connectivity index (χ4v) is 4.10. The summed E-state index contributed by atoms with van der Waals surface area (Å²) in [5.74, 6) is 0.907. The first-order valence-corrected chi connectivity index (χ1v) is 8.73. The summed E-state index contributed by atoms with van der Waals surface area (Å²) in [5.41, 5.74) is 13.5. The summed E-state index contributed by atoms with van der Waals surface area (Å²) < 4.78 is 0. The van der Waals surface area contributed by atoms with Crippen molar-refractivity contribution in [2.24, 2.45) is 21.5 Å². The van der Waals surface area contributed by atoms with Crippen molar-refractivity contribution in [3.8, 4) is 5.75 Å². The molecule has 2 aromatic rings. The van der Waals surface area contributed by atoms with E-state index in [9.17, 15) is 5.11 Å². The van der Waals surface area contributed by atoms with Gasteiger partial charge in [0.05, 0.1) is 5.69 Å². The van der Waals surface area contributed by atoms with Gasteiger partial charge in [-0.15, -0.1) is 0 Å². The molecule has 0 aromatic heterocycles. The van der Waals surface area contributed by atoms with Gasteiger partial charge < -0.3 is 16.6 Å². The molecule has 1 fully saturated rings. The average Bonchev–Trinajstić information content (AvgIpc) is 2.58. The maximum Gasteiger partial charge on any atom is 0.220 e. The molecule has 6 nitrogen and oxygen atoms in total. The molecule has 1 saturated carbocycles. The third kappa shape index (κ3) is 2.40. The number of fused-ring (bicyclic) bond motifs is 1. The fourth-order valence-electron chi connectivity index (χ4n) is 4.10. The Morgan fingerprint density at radius 1 is 1.04 bits per heavy atom. The lowest BCUT2D eigenvalue weighted by Crippen LogP contribution is -2.58. The third-order valence-electron chi connectivity index (χ3n) is 5.30. The van der Waals surface area contributed by atoms with Crippen LogP contribution in [0.15, 0.2) is 40.3 Å². The summed E-state index contributed by atoms with van der Waals surface area (Å²) in [7, 11) is 0. The van der Waals surface area contributed by atoms with Crippen LogP contribution in [0.25, 0.3) is 10.8 Å². The number of phenols is 1. The van der Waals surface area contributed by atoms with Crippen LogP contribution in [-0.2, 0) is 0 Å². The minimum absolute atomic E-state index is 0.245. The van der Waals surface area contributed by atoms with Crippen LogP contribution >= 0.6 is 0 Å². The van der Waals surface area contributed by atoms with Crippen molar-refractivity contribution in [3.05, 3.63) is 35.9 Å². The monoisotopic (exact) mass is 337 g/mol. The lowest BCUT2D eigenvalue weighted by atomic mass is 9.87. The van der Waals surface area contributed by atoms with Gasteiger partial charge in [0, 0.05) is 10.8 Å². The Morgan fingerprint density at radius 2 is 1.80 bits per heavy atom. The number of aromatic hydroxyl groups is 1. The van der Waals surface area contributed by atoms with Crippen LogP contribution in [0.4, 0.5) is 5.69 Å². The highest BCUT2D eigenvalue weighted by atomic mass is 16.3. The van der Waals surface area contributed by atoms with Gasteiger partial charge in [-0.25, -0.2) is 4.99 Å². The topological polar surface area (TPSA) is 100 Å². The van der Waals surface area contributed by atoms with Crippen LogP contribution in [0.5, 0.6) is 5.75 Å². The van der Waals surface area contributed by atoms with Crippen LogP contribution in [0, 0.1) is 6.92 Å². The minimum atomic E-state index is -0.483. The molecule has 0 radical (unpaired) electrons. The normalized spacial score (nSPS) is 19.8. The fraction of sp³-hybridized carbons (Fsp3) is 0.368. The molecule has 6 heteroatoms. The second-order valence-electron chi connectivity index (χ2n) is 6.92. The number of aryl methyl sites for hydroxylation is 1. The maximum atomic E-state index is 10.5. The minimum Gasteiger partial charge on any atom is -0.507 e. The highest BCUT2D eigenvalue weighted by Crippen LogP contribution is 2.43. The van der Waals surface area contributed by atoms with Gasteiger partial charge in [-0.2, -0.15) is 4.99 Å². The van der Waals surface area contributed by atoms with Crippen LogP contribution in [0.1, 0.15) is 37.7 Å². The van der Waals surface area contributed by atoms with Crippen molar-refractivity contribution in [2.45, 2.75) is 44.7 Å². The predicted octanol–water partition coefficient (Wildman–Crippen LogP) is 2.96. The van der Waals surface area contributed by atoms with Gasteiger partial charge in [0.2, 0.25) is 11.9 Å². The van der Waals surface area contributed by atoms with E-state index in [0.29, 0.717) is 11.7 Å². The van der Waals surface area contributed by atoms with Crippen molar-refractivity contribution < 1.29 is 5.11 Å². The first-order valence-electron chi connectivity index (χ1n) is 8.73. The highest BCUT2D eigenvalue weighted by Gasteiger charge is 2.43. The number of aliphatic imine (C=N–C) groups is 2. The van der Waals surface area contributed by atoms with Crippen molar-refractivity contribution in [2.75, 3.05) is 4.90 Å². The molecule has 1 spiro atoms. The number of rotatable bonds is 1. The molecular formula is C19H23N5O. The molecular weight excluding hydrogens is 314 g/mol. The number of benzene rings is 2. The summed E-state index contributed by atoms with van der Waals surface area (Å²) in [6, 6.07) is 9.80. The number of hydrogen-bond donors (Lipinski definition) is 3. The molecule has 5 N–H and O–H groups in total. The first-order chi connectivity index (χ1) is 12.0. The van der Waals surface area contributed by atoms with E-state index in [1.165, 1.54) is 6.42 Å². The van der Waals surface area contributed by atoms with Gasteiger partial charge in [-0.05, 0) is 44.2 Å². The van der Waals surface area contributed by atoms with Crippen molar-refractivity contribution in [1.82, 2.24) is 0 Å². The molecule has 130 valence electrons. The molecule has 0 amide bonds. The van der Waals surface area contributed by atoms with Gasteiger partial charge in [-0.3, -0.25) is 4.90 Å². The van der Waals surface area contributed by atoms with Crippen LogP contribution in [0.3, 0.4) is 0 Å². The quantitative estimate of drug-likeness (QED) is 0.745. The molecule has 0 saturated heterocycles. The molecule has 1 aliphatic carbocycles. The molecule has 4 rings (SSSR count). The summed E-state index contributed by atoms with van der Waals surface area (Å²) in [6.45, 7) is 1.89. The van der Waals surface area contributed by atoms with Crippen LogP contribution in [0.2, 0.25) is 0 Å². The second kappa shape index (κ2) is 5.65. The number of phenolic OH excluding ortho intramolecular Hbond substituents is 1. The number of hydrogen-bond acceptors (Lipinski definition) is 6. The zero-order chi connectivity index (χ0) is 17.6. The number of nitrogens with two attached hydrogens (primary N) is 2. The summed E-state index contributed by atoms with van der Waals surface area (Å²) in [5, 5.41) is 12.2. The van der Waals surface area contributed by atoms with Crippen LogP contribution < -0.4 is 16.4 Å². The van der Waals surface area contributed by atoms with Crippen molar-refractivity contribution in [1.29, 1.82) is 0 Å². The summed E-state index contributed by atoms with van der Waals surface area (Å²) in [4.78, 5) is 11.0. The van der Waals surface area contributed by atoms with Gasteiger partial charge >= 0.3 is 0 Å². The van der Waals surface area contributed by atoms with Gasteiger partial charge in [-0.1, -0.05) is 30.7 Å². The van der Waals surface area contributed by atoms with Crippen LogP contribution in [-0.4, -0.2) is 22.7 Å². The Balaban J connectivity index is 1.94. The summed E-state index contributed by atoms with van der Waals surface area (Å²) >= 11 is 0. The molecule has 2 aliphatic rings. The zero-order valence-corrected chi connectivity index (χ0v) is 14.4. The Bertz CT molecular complexity index is 896. The van der Waals surface area contributed by atoms with E-state index in [-0.39, 0.29) is 5.96 Å². The van der Waals surface area contributed by atoms with Gasteiger partial charge in [0.1, 0.15) is 11.4 Å². The van der Waals surface area contributed by atoms with Gasteiger partial charge in [0.15, 0.2) is 0 Å². The Morgan fingerprint density at radius 3 is 2.56 bits per heavy atom. The SMILES string of the molecule is Cc1ccc2c(N3C(N)=NC(N)=NC34CCCCC4)cccc2c1O. The molecule has 0 atom stereocenters. The second-order valence-corrected chi connectivity index (χ2v) is 6.92. The predicted molar refractivity (Wildman–Crippen MR) is 102 cm³/mol. The van der Waals surface area contributed by atoms with E-state index in [4.69, 9.17) is 16.5 Å². The van der Waals surface area contributed by atoms with Crippen molar-refractivity contribution >= 4 is 28.4 Å². The van der Waals surface area contributed by atoms with E-state index < -0.39 is 5.66 Å². The standard InChI is InChI=1S/C19H23N5O/c1-12-8-9-13-14(16(12)25)6-5-7-15(13)24-18(21)22-17(20)23-19(24)10-3-2-4-11-19/h5-9,25H,2-4,10-11H2,1H3,(H4,20,21,22,23). The number of guanidine groups is 2. The van der Waals surface area contributed by atoms with E-state index >= 15 is 0 Å². The third-order valence-corrected chi connectivity index (χ3v) is 5.30. The number of anilines is 1. The summed E-state index contributed by atoms with van der Waals surface area (Å²) in [6.07, 6.45) is 5.12. The highest BCUT2D eigenvalue weighted by molar-refractivity contribution is 6.11. The maximum absolute atomic E-state index is 10.5. The largest absolute Gasteiger partial charge is 0.507 e.